The number of ether oxygens (including phenoxy) is 1. The lowest BCUT2D eigenvalue weighted by molar-refractivity contribution is -0.118. The highest BCUT2D eigenvalue weighted by molar-refractivity contribution is 7.99. The number of carbonyl (C=O) groups is 1. The van der Waals surface area contributed by atoms with Crippen molar-refractivity contribution in [3.63, 3.8) is 0 Å². The van der Waals surface area contributed by atoms with Crippen LogP contribution in [0.15, 0.2) is 89.6 Å². The number of hydrazone groups is 1. The van der Waals surface area contributed by atoms with Gasteiger partial charge in [0, 0.05) is 17.6 Å². The van der Waals surface area contributed by atoms with E-state index in [-0.39, 0.29) is 11.7 Å². The standard InChI is InChI=1S/C26H26N6O2S/c1-3-14-32-24(17-27-23-13-7-10-20-9-4-5-12-22(20)23)29-31-26(32)35-18-25(33)30-28-16-19-8-6-11-21(15-19)34-2/h3-13,15-16,27H,1,14,17-18H2,2H3,(H,30,33)/b28-16-. The molecule has 0 saturated carbocycles. The Morgan fingerprint density at radius 1 is 1.14 bits per heavy atom. The van der Waals surface area contributed by atoms with E-state index in [1.54, 1.807) is 19.4 Å². The Morgan fingerprint density at radius 3 is 2.83 bits per heavy atom. The van der Waals surface area contributed by atoms with Crippen LogP contribution in [0, 0.1) is 0 Å². The molecule has 4 rings (SSSR count). The van der Waals surface area contributed by atoms with Crippen molar-refractivity contribution >= 4 is 40.3 Å². The Bertz CT molecular complexity index is 1350. The van der Waals surface area contributed by atoms with Crippen LogP contribution in [0.25, 0.3) is 10.8 Å². The summed E-state index contributed by atoms with van der Waals surface area (Å²) in [5, 5.41) is 19.1. The number of benzene rings is 3. The van der Waals surface area contributed by atoms with Crippen LogP contribution in [0.2, 0.25) is 0 Å². The first-order valence-corrected chi connectivity index (χ1v) is 12.0. The summed E-state index contributed by atoms with van der Waals surface area (Å²) in [6.07, 6.45) is 3.36. The van der Waals surface area contributed by atoms with Crippen LogP contribution in [0.4, 0.5) is 5.69 Å². The molecule has 0 fully saturated rings. The Morgan fingerprint density at radius 2 is 1.97 bits per heavy atom. The summed E-state index contributed by atoms with van der Waals surface area (Å²) in [4.78, 5) is 12.3. The van der Waals surface area contributed by atoms with Gasteiger partial charge in [0.25, 0.3) is 5.91 Å². The minimum absolute atomic E-state index is 0.154. The summed E-state index contributed by atoms with van der Waals surface area (Å²) in [5.74, 6) is 1.40. The predicted octanol–water partition coefficient (Wildman–Crippen LogP) is 4.48. The third-order valence-corrected chi connectivity index (χ3v) is 6.13. The summed E-state index contributed by atoms with van der Waals surface area (Å²) in [7, 11) is 1.60. The Kier molecular flexibility index (Phi) is 8.13. The van der Waals surface area contributed by atoms with E-state index < -0.39 is 0 Å². The van der Waals surface area contributed by atoms with E-state index >= 15 is 0 Å². The highest BCUT2D eigenvalue weighted by Crippen LogP contribution is 2.24. The van der Waals surface area contributed by atoms with E-state index in [1.807, 2.05) is 53.1 Å². The number of nitrogens with zero attached hydrogens (tertiary/aromatic N) is 4. The molecule has 0 unspecified atom stereocenters. The molecule has 0 saturated heterocycles. The quantitative estimate of drug-likeness (QED) is 0.141. The monoisotopic (exact) mass is 486 g/mol. The van der Waals surface area contributed by atoms with E-state index in [4.69, 9.17) is 4.74 Å². The molecule has 178 valence electrons. The lowest BCUT2D eigenvalue weighted by Gasteiger charge is -2.11. The topological polar surface area (TPSA) is 93.4 Å². The fourth-order valence-corrected chi connectivity index (χ4v) is 4.24. The summed E-state index contributed by atoms with van der Waals surface area (Å²) >= 11 is 1.30. The van der Waals surface area contributed by atoms with Crippen LogP contribution < -0.4 is 15.5 Å². The number of hydrogen-bond donors (Lipinski definition) is 2. The van der Waals surface area contributed by atoms with Gasteiger partial charge in [0.2, 0.25) is 0 Å². The number of nitrogens with one attached hydrogen (secondary N) is 2. The number of rotatable bonds is 11. The summed E-state index contributed by atoms with van der Waals surface area (Å²) in [6.45, 7) is 4.87. The van der Waals surface area contributed by atoms with E-state index in [0.29, 0.717) is 18.2 Å². The molecule has 0 aliphatic carbocycles. The normalized spacial score (nSPS) is 11.0. The van der Waals surface area contributed by atoms with Crippen LogP contribution >= 0.6 is 11.8 Å². The van der Waals surface area contributed by atoms with Gasteiger partial charge in [-0.15, -0.1) is 16.8 Å². The third kappa shape index (κ3) is 6.27. The molecule has 0 radical (unpaired) electrons. The van der Waals surface area contributed by atoms with E-state index in [0.717, 1.165) is 28.2 Å². The molecule has 0 aliphatic heterocycles. The number of carbonyl (C=O) groups excluding carboxylic acids is 1. The number of fused-ring (bicyclic) bond motifs is 1. The summed E-state index contributed by atoms with van der Waals surface area (Å²) < 4.78 is 7.13. The van der Waals surface area contributed by atoms with Gasteiger partial charge >= 0.3 is 0 Å². The van der Waals surface area contributed by atoms with Crippen LogP contribution in [0.3, 0.4) is 0 Å². The number of hydrogen-bond acceptors (Lipinski definition) is 7. The van der Waals surface area contributed by atoms with Gasteiger partial charge < -0.3 is 14.6 Å². The van der Waals surface area contributed by atoms with Crippen molar-refractivity contribution < 1.29 is 9.53 Å². The number of anilines is 1. The van der Waals surface area contributed by atoms with Gasteiger partial charge in [-0.05, 0) is 29.1 Å². The van der Waals surface area contributed by atoms with Gasteiger partial charge in [-0.1, -0.05) is 66.4 Å². The van der Waals surface area contributed by atoms with Crippen molar-refractivity contribution in [2.75, 3.05) is 18.2 Å². The zero-order chi connectivity index (χ0) is 24.5. The van der Waals surface area contributed by atoms with Crippen molar-refractivity contribution in [1.29, 1.82) is 0 Å². The van der Waals surface area contributed by atoms with E-state index in [9.17, 15) is 4.79 Å². The van der Waals surface area contributed by atoms with Gasteiger partial charge in [-0.3, -0.25) is 4.79 Å². The van der Waals surface area contributed by atoms with Crippen molar-refractivity contribution in [2.24, 2.45) is 5.10 Å². The summed E-state index contributed by atoms with van der Waals surface area (Å²) in [6, 6.07) is 21.8. The largest absolute Gasteiger partial charge is 0.497 e. The minimum Gasteiger partial charge on any atom is -0.497 e. The Hall–Kier alpha value is -4.11. The van der Waals surface area contributed by atoms with Crippen LogP contribution in [-0.4, -0.2) is 39.7 Å². The smallest absolute Gasteiger partial charge is 0.250 e. The van der Waals surface area contributed by atoms with Gasteiger partial charge in [0.1, 0.15) is 5.75 Å². The summed E-state index contributed by atoms with van der Waals surface area (Å²) in [5.41, 5.74) is 4.39. The lowest BCUT2D eigenvalue weighted by atomic mass is 10.1. The molecule has 0 aliphatic rings. The zero-order valence-corrected chi connectivity index (χ0v) is 20.2. The highest BCUT2D eigenvalue weighted by atomic mass is 32.2. The van der Waals surface area contributed by atoms with Gasteiger partial charge in [-0.25, -0.2) is 5.43 Å². The van der Waals surface area contributed by atoms with Gasteiger partial charge in [0.05, 0.1) is 25.6 Å². The van der Waals surface area contributed by atoms with Crippen LogP contribution in [0.1, 0.15) is 11.4 Å². The fourth-order valence-electron chi connectivity index (χ4n) is 3.49. The number of thioether (sulfide) groups is 1. The van der Waals surface area contributed by atoms with E-state index in [2.05, 4.69) is 50.8 Å². The number of allylic oxidation sites excluding steroid dienone is 1. The molecule has 4 aromatic rings. The molecule has 35 heavy (non-hydrogen) atoms. The fraction of sp³-hybridized carbons (Fsp3) is 0.154. The first-order valence-electron chi connectivity index (χ1n) is 11.0. The van der Waals surface area contributed by atoms with Gasteiger partial charge in [-0.2, -0.15) is 5.10 Å². The maximum absolute atomic E-state index is 12.3. The molecule has 2 N–H and O–H groups in total. The van der Waals surface area contributed by atoms with Crippen LogP contribution in [0.5, 0.6) is 5.75 Å². The van der Waals surface area contributed by atoms with Crippen molar-refractivity contribution in [1.82, 2.24) is 20.2 Å². The van der Waals surface area contributed by atoms with Gasteiger partial charge in [0.15, 0.2) is 11.0 Å². The molecule has 1 amide bonds. The molecular weight excluding hydrogens is 460 g/mol. The molecule has 0 atom stereocenters. The Labute approximate surface area is 208 Å². The van der Waals surface area contributed by atoms with E-state index in [1.165, 1.54) is 17.1 Å². The molecule has 3 aromatic carbocycles. The third-order valence-electron chi connectivity index (χ3n) is 5.16. The molecule has 0 bridgehead atoms. The van der Waals surface area contributed by atoms with Crippen molar-refractivity contribution in [3.05, 3.63) is 90.8 Å². The number of methoxy groups -OCH3 is 1. The molecule has 0 spiro atoms. The average Bonchev–Trinajstić information content (AvgIpc) is 3.27. The maximum atomic E-state index is 12.3. The predicted molar refractivity (Wildman–Crippen MR) is 141 cm³/mol. The van der Waals surface area contributed by atoms with Crippen LogP contribution in [-0.2, 0) is 17.9 Å². The highest BCUT2D eigenvalue weighted by Gasteiger charge is 2.14. The molecule has 1 heterocycles. The van der Waals surface area contributed by atoms with Crippen molar-refractivity contribution in [2.45, 2.75) is 18.2 Å². The second-order valence-corrected chi connectivity index (χ2v) is 8.48. The average molecular weight is 487 g/mol. The second kappa shape index (κ2) is 11.8. The molecule has 8 nitrogen and oxygen atoms in total. The van der Waals surface area contributed by atoms with Crippen molar-refractivity contribution in [3.8, 4) is 5.75 Å². The number of aromatic nitrogens is 3. The second-order valence-electron chi connectivity index (χ2n) is 7.54. The Balaban J connectivity index is 1.36. The lowest BCUT2D eigenvalue weighted by Crippen LogP contribution is -2.20. The maximum Gasteiger partial charge on any atom is 0.250 e. The SMILES string of the molecule is C=CCn1c(CNc2cccc3ccccc23)nnc1SCC(=O)N/N=C\c1cccc(OC)c1. The first-order chi connectivity index (χ1) is 17.2. The zero-order valence-electron chi connectivity index (χ0n) is 19.3. The molecular formula is C26H26N6O2S. The first kappa shape index (κ1) is 24.0. The number of amides is 1. The molecule has 1 aromatic heterocycles. The minimum atomic E-state index is -0.238. The molecule has 9 heteroatoms.